The van der Waals surface area contributed by atoms with Gasteiger partial charge in [-0.3, -0.25) is 14.6 Å². The first-order valence-electron chi connectivity index (χ1n) is 7.00. The van der Waals surface area contributed by atoms with Gasteiger partial charge < -0.3 is 0 Å². The smallest absolute Gasteiger partial charge is 0.285 e. The van der Waals surface area contributed by atoms with Crippen LogP contribution in [-0.2, 0) is 10.0 Å². The van der Waals surface area contributed by atoms with E-state index in [-0.39, 0.29) is 20.6 Å². The monoisotopic (exact) mass is 398 g/mol. The van der Waals surface area contributed by atoms with E-state index in [1.165, 1.54) is 18.2 Å². The maximum Gasteiger partial charge on any atom is 0.285 e. The highest BCUT2D eigenvalue weighted by Crippen LogP contribution is 2.24. The van der Waals surface area contributed by atoms with Crippen molar-refractivity contribution in [1.29, 1.82) is 0 Å². The van der Waals surface area contributed by atoms with Crippen molar-refractivity contribution in [3.8, 4) is 0 Å². The summed E-state index contributed by atoms with van der Waals surface area (Å²) < 4.78 is 26.1. The first-order valence-corrected chi connectivity index (χ1v) is 9.24. The molecule has 0 unspecified atom stereocenters. The number of rotatable bonds is 4. The largest absolute Gasteiger partial charge is 0.295 e. The van der Waals surface area contributed by atoms with Crippen molar-refractivity contribution < 1.29 is 13.2 Å². The van der Waals surface area contributed by atoms with Crippen LogP contribution < -0.4 is 10.3 Å². The molecule has 0 saturated heterocycles. The molecule has 0 atom stereocenters. The molecule has 1 amide bonds. The number of imidazole rings is 1. The van der Waals surface area contributed by atoms with Gasteiger partial charge in [0.1, 0.15) is 11.3 Å². The second-order valence-electron chi connectivity index (χ2n) is 5.11. The Kier molecular flexibility index (Phi) is 4.70. The summed E-state index contributed by atoms with van der Waals surface area (Å²) in [6.07, 6.45) is 1.66. The number of hydrogen-bond donors (Lipinski definition) is 2. The molecular formula is C15H12Cl2N4O3S. The van der Waals surface area contributed by atoms with Crippen LogP contribution in [0.2, 0.25) is 10.0 Å². The standard InChI is InChI=1S/C15H12Cl2N4O3S/c1-9-14(21-7-3-2-4-13(21)18-9)15(22)19-20-25(23,24)10-5-6-11(16)12(17)8-10/h2-8,20H,1H3,(H,19,22). The molecule has 0 radical (unpaired) electrons. The first kappa shape index (κ1) is 17.7. The molecule has 2 aromatic heterocycles. The van der Waals surface area contributed by atoms with Gasteiger partial charge >= 0.3 is 0 Å². The summed E-state index contributed by atoms with van der Waals surface area (Å²) in [5.74, 6) is -0.639. The lowest BCUT2D eigenvalue weighted by Crippen LogP contribution is -2.42. The van der Waals surface area contributed by atoms with Gasteiger partial charge in [-0.15, -0.1) is 4.83 Å². The normalized spacial score (nSPS) is 11.6. The summed E-state index contributed by atoms with van der Waals surface area (Å²) in [6, 6.07) is 9.10. The second-order valence-corrected chi connectivity index (χ2v) is 7.61. The Hall–Kier alpha value is -2.13. The van der Waals surface area contributed by atoms with Gasteiger partial charge in [-0.1, -0.05) is 29.3 Å². The van der Waals surface area contributed by atoms with Crippen molar-refractivity contribution >= 4 is 44.8 Å². The number of aromatic nitrogens is 2. The van der Waals surface area contributed by atoms with Crippen LogP contribution in [0, 0.1) is 6.92 Å². The number of hydrazine groups is 1. The molecule has 0 saturated carbocycles. The lowest BCUT2D eigenvalue weighted by Gasteiger charge is -2.09. The predicted octanol–water partition coefficient (Wildman–Crippen LogP) is 2.57. The van der Waals surface area contributed by atoms with Gasteiger partial charge in [-0.2, -0.15) is 0 Å². The Morgan fingerprint density at radius 3 is 2.64 bits per heavy atom. The third-order valence-electron chi connectivity index (χ3n) is 3.42. The summed E-state index contributed by atoms with van der Waals surface area (Å²) >= 11 is 11.6. The molecule has 25 heavy (non-hydrogen) atoms. The van der Waals surface area contributed by atoms with Gasteiger partial charge in [0.15, 0.2) is 0 Å². The number of pyridine rings is 1. The van der Waals surface area contributed by atoms with Gasteiger partial charge in [0.05, 0.1) is 20.6 Å². The van der Waals surface area contributed by atoms with Gasteiger partial charge in [-0.05, 0) is 37.3 Å². The van der Waals surface area contributed by atoms with Crippen LogP contribution in [0.4, 0.5) is 0 Å². The van der Waals surface area contributed by atoms with Crippen molar-refractivity contribution in [2.45, 2.75) is 11.8 Å². The zero-order chi connectivity index (χ0) is 18.2. The molecule has 0 aliphatic rings. The van der Waals surface area contributed by atoms with Crippen LogP contribution in [-0.4, -0.2) is 23.7 Å². The molecule has 0 fully saturated rings. The van der Waals surface area contributed by atoms with E-state index in [4.69, 9.17) is 23.2 Å². The van der Waals surface area contributed by atoms with Crippen LogP contribution in [0.15, 0.2) is 47.5 Å². The number of hydrogen-bond acceptors (Lipinski definition) is 4. The number of amides is 1. The number of sulfonamides is 1. The molecule has 10 heteroatoms. The second kappa shape index (κ2) is 6.64. The number of carbonyl (C=O) groups is 1. The third kappa shape index (κ3) is 3.47. The molecule has 1 aromatic carbocycles. The highest BCUT2D eigenvalue weighted by Gasteiger charge is 2.20. The number of nitrogens with zero attached hydrogens (tertiary/aromatic N) is 2. The Labute approximate surface area is 153 Å². The molecule has 0 aliphatic heterocycles. The van der Waals surface area contributed by atoms with Crippen LogP contribution >= 0.6 is 23.2 Å². The van der Waals surface area contributed by atoms with Gasteiger partial charge in [0.2, 0.25) is 0 Å². The zero-order valence-corrected chi connectivity index (χ0v) is 15.2. The van der Waals surface area contributed by atoms with E-state index >= 15 is 0 Å². The number of carbonyl (C=O) groups excluding carboxylic acids is 1. The van der Waals surface area contributed by atoms with E-state index in [2.05, 4.69) is 10.4 Å². The summed E-state index contributed by atoms with van der Waals surface area (Å²) in [4.78, 5) is 18.5. The van der Waals surface area contributed by atoms with E-state index in [1.807, 2.05) is 4.83 Å². The molecule has 7 nitrogen and oxygen atoms in total. The van der Waals surface area contributed by atoms with Crippen molar-refractivity contribution in [2.24, 2.45) is 0 Å². The molecule has 2 heterocycles. The van der Waals surface area contributed by atoms with Gasteiger partial charge in [0.25, 0.3) is 15.9 Å². The minimum absolute atomic E-state index is 0.0912. The average molecular weight is 399 g/mol. The minimum Gasteiger partial charge on any atom is -0.295 e. The Morgan fingerprint density at radius 2 is 1.92 bits per heavy atom. The lowest BCUT2D eigenvalue weighted by molar-refractivity contribution is 0.0938. The van der Waals surface area contributed by atoms with Crippen molar-refractivity contribution in [1.82, 2.24) is 19.6 Å². The highest BCUT2D eigenvalue weighted by molar-refractivity contribution is 7.89. The van der Waals surface area contributed by atoms with Crippen molar-refractivity contribution in [3.63, 3.8) is 0 Å². The fraction of sp³-hybridized carbons (Fsp3) is 0.0667. The average Bonchev–Trinajstić information content (AvgIpc) is 2.91. The van der Waals surface area contributed by atoms with Crippen LogP contribution in [0.5, 0.6) is 0 Å². The van der Waals surface area contributed by atoms with E-state index in [1.54, 1.807) is 35.7 Å². The lowest BCUT2D eigenvalue weighted by atomic mass is 10.3. The van der Waals surface area contributed by atoms with Crippen molar-refractivity contribution in [3.05, 3.63) is 64.0 Å². The highest BCUT2D eigenvalue weighted by atomic mass is 35.5. The first-order chi connectivity index (χ1) is 11.8. The summed E-state index contributed by atoms with van der Waals surface area (Å²) in [5.41, 5.74) is 3.46. The van der Waals surface area contributed by atoms with Gasteiger partial charge in [0, 0.05) is 6.20 Å². The summed E-state index contributed by atoms with van der Waals surface area (Å²) in [7, 11) is -4.01. The predicted molar refractivity (Wildman–Crippen MR) is 94.2 cm³/mol. The van der Waals surface area contributed by atoms with Crippen molar-refractivity contribution in [2.75, 3.05) is 0 Å². The number of nitrogens with one attached hydrogen (secondary N) is 2. The van der Waals surface area contributed by atoms with E-state index in [9.17, 15) is 13.2 Å². The quantitative estimate of drug-likeness (QED) is 0.660. The Bertz CT molecular complexity index is 1080. The van der Waals surface area contributed by atoms with Crippen LogP contribution in [0.25, 0.3) is 5.65 Å². The molecule has 3 rings (SSSR count). The summed E-state index contributed by atoms with van der Waals surface area (Å²) in [6.45, 7) is 1.66. The van der Waals surface area contributed by atoms with Crippen LogP contribution in [0.1, 0.15) is 16.2 Å². The third-order valence-corrected chi connectivity index (χ3v) is 5.40. The zero-order valence-electron chi connectivity index (χ0n) is 12.8. The number of aryl methyl sites for hydroxylation is 1. The molecular weight excluding hydrogens is 387 g/mol. The fourth-order valence-corrected chi connectivity index (χ4v) is 3.49. The number of fused-ring (bicyclic) bond motifs is 1. The maximum atomic E-state index is 12.4. The molecule has 2 N–H and O–H groups in total. The van der Waals surface area contributed by atoms with E-state index in [0.29, 0.717) is 11.3 Å². The maximum absolute atomic E-state index is 12.4. The summed E-state index contributed by atoms with van der Waals surface area (Å²) in [5, 5.41) is 0.319. The topological polar surface area (TPSA) is 92.6 Å². The van der Waals surface area contributed by atoms with E-state index in [0.717, 1.165) is 0 Å². The molecule has 3 aromatic rings. The minimum atomic E-state index is -4.01. The molecule has 0 aliphatic carbocycles. The molecule has 130 valence electrons. The van der Waals surface area contributed by atoms with Gasteiger partial charge in [-0.25, -0.2) is 13.4 Å². The molecule has 0 bridgehead atoms. The SMILES string of the molecule is Cc1nc2ccccn2c1C(=O)NNS(=O)(=O)c1ccc(Cl)c(Cl)c1. The Morgan fingerprint density at radius 1 is 1.16 bits per heavy atom. The number of halogens is 2. The van der Waals surface area contributed by atoms with Crippen LogP contribution in [0.3, 0.4) is 0 Å². The molecule has 0 spiro atoms. The fourth-order valence-electron chi connectivity index (χ4n) is 2.26. The van der Waals surface area contributed by atoms with E-state index < -0.39 is 15.9 Å². The number of benzene rings is 1. The Balaban J connectivity index is 1.83.